The Kier molecular flexibility index (Phi) is 3.75. The molecule has 0 fully saturated rings. The standard InChI is InChI=1S/C10H13BrN4S/c1-2-15-8(3-4-13-15)10(14-12)7-5-9(11)16-6-7/h3-6,10,14H,2,12H2,1H3. The van der Waals surface area contributed by atoms with Gasteiger partial charge in [0.05, 0.1) is 15.5 Å². The molecule has 0 aromatic carbocycles. The monoisotopic (exact) mass is 300 g/mol. The molecule has 86 valence electrons. The number of thiophene rings is 1. The van der Waals surface area contributed by atoms with E-state index < -0.39 is 0 Å². The van der Waals surface area contributed by atoms with E-state index in [1.165, 1.54) is 0 Å². The molecule has 0 amide bonds. The summed E-state index contributed by atoms with van der Waals surface area (Å²) in [5.74, 6) is 5.63. The third kappa shape index (κ3) is 2.20. The Morgan fingerprint density at radius 1 is 1.69 bits per heavy atom. The second-order valence-electron chi connectivity index (χ2n) is 3.36. The molecular formula is C10H13BrN4S. The lowest BCUT2D eigenvalue weighted by atomic mass is 10.1. The number of aryl methyl sites for hydroxylation is 1. The van der Waals surface area contributed by atoms with E-state index in [2.05, 4.69) is 44.8 Å². The van der Waals surface area contributed by atoms with Gasteiger partial charge in [0.2, 0.25) is 0 Å². The second kappa shape index (κ2) is 5.09. The van der Waals surface area contributed by atoms with E-state index in [1.807, 2.05) is 10.7 Å². The molecule has 16 heavy (non-hydrogen) atoms. The van der Waals surface area contributed by atoms with E-state index >= 15 is 0 Å². The summed E-state index contributed by atoms with van der Waals surface area (Å²) in [4.78, 5) is 0. The van der Waals surface area contributed by atoms with Gasteiger partial charge in [0.15, 0.2) is 0 Å². The summed E-state index contributed by atoms with van der Waals surface area (Å²) < 4.78 is 3.04. The maximum atomic E-state index is 5.63. The van der Waals surface area contributed by atoms with E-state index in [0.717, 1.165) is 21.6 Å². The molecule has 0 spiro atoms. The van der Waals surface area contributed by atoms with Crippen LogP contribution in [0, 0.1) is 0 Å². The molecule has 0 saturated carbocycles. The number of halogens is 1. The van der Waals surface area contributed by atoms with Gasteiger partial charge >= 0.3 is 0 Å². The van der Waals surface area contributed by atoms with Gasteiger partial charge in [-0.3, -0.25) is 10.5 Å². The van der Waals surface area contributed by atoms with Crippen LogP contribution in [0.5, 0.6) is 0 Å². The van der Waals surface area contributed by atoms with Gasteiger partial charge < -0.3 is 0 Å². The maximum Gasteiger partial charge on any atom is 0.0886 e. The van der Waals surface area contributed by atoms with Crippen molar-refractivity contribution in [1.29, 1.82) is 0 Å². The number of nitrogens with zero attached hydrogens (tertiary/aromatic N) is 2. The average molecular weight is 301 g/mol. The van der Waals surface area contributed by atoms with Crippen molar-refractivity contribution in [3.63, 3.8) is 0 Å². The van der Waals surface area contributed by atoms with E-state index in [4.69, 9.17) is 5.84 Å². The number of nitrogens with one attached hydrogen (secondary N) is 1. The molecule has 1 unspecified atom stereocenters. The van der Waals surface area contributed by atoms with E-state index in [1.54, 1.807) is 17.5 Å². The van der Waals surface area contributed by atoms with Crippen LogP contribution in [0.1, 0.15) is 24.2 Å². The lowest BCUT2D eigenvalue weighted by Crippen LogP contribution is -2.30. The zero-order valence-electron chi connectivity index (χ0n) is 8.85. The molecule has 2 heterocycles. The molecule has 1 atom stereocenters. The van der Waals surface area contributed by atoms with Crippen LogP contribution in [0.15, 0.2) is 27.5 Å². The summed E-state index contributed by atoms with van der Waals surface area (Å²) in [7, 11) is 0. The van der Waals surface area contributed by atoms with Gasteiger partial charge in [0.1, 0.15) is 0 Å². The van der Waals surface area contributed by atoms with Gasteiger partial charge in [-0.2, -0.15) is 5.10 Å². The van der Waals surface area contributed by atoms with Gasteiger partial charge in [0.25, 0.3) is 0 Å². The van der Waals surface area contributed by atoms with Crippen LogP contribution >= 0.6 is 27.3 Å². The Bertz CT molecular complexity index is 465. The van der Waals surface area contributed by atoms with Crippen molar-refractivity contribution in [3.05, 3.63) is 38.8 Å². The molecule has 2 aromatic heterocycles. The third-order valence-electron chi connectivity index (χ3n) is 2.43. The number of aromatic nitrogens is 2. The van der Waals surface area contributed by atoms with E-state index in [0.29, 0.717) is 0 Å². The summed E-state index contributed by atoms with van der Waals surface area (Å²) in [6.07, 6.45) is 1.80. The largest absolute Gasteiger partial charge is 0.271 e. The van der Waals surface area contributed by atoms with Crippen LogP contribution < -0.4 is 11.3 Å². The molecular weight excluding hydrogens is 288 g/mol. The lowest BCUT2D eigenvalue weighted by molar-refractivity contribution is 0.544. The van der Waals surface area contributed by atoms with E-state index in [-0.39, 0.29) is 6.04 Å². The first-order chi connectivity index (χ1) is 7.76. The van der Waals surface area contributed by atoms with Gasteiger partial charge in [-0.1, -0.05) is 0 Å². The van der Waals surface area contributed by atoms with Crippen molar-refractivity contribution in [3.8, 4) is 0 Å². The number of hydrogen-bond donors (Lipinski definition) is 2. The number of rotatable bonds is 4. The summed E-state index contributed by atoms with van der Waals surface area (Å²) in [6.45, 7) is 2.90. The lowest BCUT2D eigenvalue weighted by Gasteiger charge is -2.15. The molecule has 6 heteroatoms. The van der Waals surface area contributed by atoms with Gasteiger partial charge in [-0.05, 0) is 45.9 Å². The number of nitrogens with two attached hydrogens (primary N) is 1. The molecule has 3 N–H and O–H groups in total. The first-order valence-electron chi connectivity index (χ1n) is 4.98. The molecule has 0 aliphatic carbocycles. The summed E-state index contributed by atoms with van der Waals surface area (Å²) in [6, 6.07) is 4.05. The minimum atomic E-state index is -0.00926. The summed E-state index contributed by atoms with van der Waals surface area (Å²) >= 11 is 5.11. The smallest absolute Gasteiger partial charge is 0.0886 e. The quantitative estimate of drug-likeness (QED) is 0.673. The predicted molar refractivity (Wildman–Crippen MR) is 69.1 cm³/mol. The van der Waals surface area contributed by atoms with Crippen molar-refractivity contribution in [2.45, 2.75) is 19.5 Å². The average Bonchev–Trinajstić information content (AvgIpc) is 2.89. The Morgan fingerprint density at radius 2 is 2.50 bits per heavy atom. The zero-order chi connectivity index (χ0) is 11.5. The highest BCUT2D eigenvalue weighted by molar-refractivity contribution is 9.11. The molecule has 0 radical (unpaired) electrons. The number of hydrogen-bond acceptors (Lipinski definition) is 4. The fourth-order valence-electron chi connectivity index (χ4n) is 1.68. The fraction of sp³-hybridized carbons (Fsp3) is 0.300. The number of hydrazine groups is 1. The van der Waals surface area contributed by atoms with Gasteiger partial charge in [0, 0.05) is 12.7 Å². The highest BCUT2D eigenvalue weighted by Crippen LogP contribution is 2.28. The molecule has 2 aromatic rings. The van der Waals surface area contributed by atoms with Crippen LogP contribution in [0.25, 0.3) is 0 Å². The summed E-state index contributed by atoms with van der Waals surface area (Å²) in [5, 5.41) is 6.33. The van der Waals surface area contributed by atoms with Crippen molar-refractivity contribution >= 4 is 27.3 Å². The molecule has 4 nitrogen and oxygen atoms in total. The maximum absolute atomic E-state index is 5.63. The van der Waals surface area contributed by atoms with Crippen LogP contribution in [0.3, 0.4) is 0 Å². The van der Waals surface area contributed by atoms with Crippen LogP contribution in [-0.2, 0) is 6.54 Å². The van der Waals surface area contributed by atoms with Crippen molar-refractivity contribution in [2.75, 3.05) is 0 Å². The second-order valence-corrected chi connectivity index (χ2v) is 5.65. The Hall–Kier alpha value is -0.690. The van der Waals surface area contributed by atoms with Crippen LogP contribution in [0.4, 0.5) is 0 Å². The van der Waals surface area contributed by atoms with Gasteiger partial charge in [-0.25, -0.2) is 5.43 Å². The predicted octanol–water partition coefficient (Wildman–Crippen LogP) is 2.28. The van der Waals surface area contributed by atoms with Crippen LogP contribution in [-0.4, -0.2) is 9.78 Å². The molecule has 0 bridgehead atoms. The van der Waals surface area contributed by atoms with Crippen molar-refractivity contribution < 1.29 is 0 Å². The fourth-order valence-corrected chi connectivity index (χ4v) is 2.88. The Labute approximate surface area is 107 Å². The van der Waals surface area contributed by atoms with E-state index in [9.17, 15) is 0 Å². The van der Waals surface area contributed by atoms with Gasteiger partial charge in [-0.15, -0.1) is 11.3 Å². The molecule has 0 saturated heterocycles. The highest BCUT2D eigenvalue weighted by Gasteiger charge is 2.17. The Morgan fingerprint density at radius 3 is 3.06 bits per heavy atom. The molecule has 0 aliphatic rings. The molecule has 2 rings (SSSR count). The van der Waals surface area contributed by atoms with Crippen molar-refractivity contribution in [1.82, 2.24) is 15.2 Å². The Balaban J connectivity index is 2.36. The van der Waals surface area contributed by atoms with Crippen molar-refractivity contribution in [2.24, 2.45) is 5.84 Å². The minimum Gasteiger partial charge on any atom is -0.271 e. The topological polar surface area (TPSA) is 55.9 Å². The SMILES string of the molecule is CCn1nccc1C(NN)c1csc(Br)c1. The third-order valence-corrected chi connectivity index (χ3v) is 3.96. The van der Waals surface area contributed by atoms with Crippen LogP contribution in [0.2, 0.25) is 0 Å². The summed E-state index contributed by atoms with van der Waals surface area (Å²) in [5.41, 5.74) is 5.06. The first-order valence-corrected chi connectivity index (χ1v) is 6.65. The molecule has 0 aliphatic heterocycles. The minimum absolute atomic E-state index is 0.00926. The normalized spacial score (nSPS) is 12.9. The first kappa shape index (κ1) is 11.8. The highest BCUT2D eigenvalue weighted by atomic mass is 79.9. The zero-order valence-corrected chi connectivity index (χ0v) is 11.3.